The Morgan fingerprint density at radius 1 is 1.21 bits per heavy atom. The fourth-order valence-electron chi connectivity index (χ4n) is 1.75. The van der Waals surface area contributed by atoms with Crippen LogP contribution in [0.4, 0.5) is 0 Å². The van der Waals surface area contributed by atoms with Crippen molar-refractivity contribution in [1.82, 2.24) is 4.90 Å². The number of unbranched alkanes of at least 4 members (excludes halogenated alkanes) is 2. The summed E-state index contributed by atoms with van der Waals surface area (Å²) in [6, 6.07) is 5.23. The van der Waals surface area contributed by atoms with E-state index in [0.717, 1.165) is 19.3 Å². The zero-order valence-electron chi connectivity index (χ0n) is 11.0. The Hall–Kier alpha value is -0.770. The van der Waals surface area contributed by atoms with Crippen molar-refractivity contribution in [2.24, 2.45) is 0 Å². The van der Waals surface area contributed by atoms with E-state index in [1.165, 1.54) is 0 Å². The molecule has 0 fully saturated rings. The van der Waals surface area contributed by atoms with Gasteiger partial charge in [0.15, 0.2) is 0 Å². The van der Waals surface area contributed by atoms with Gasteiger partial charge in [0.25, 0.3) is 0 Å². The minimum absolute atomic E-state index is 0.000927. The predicted octanol–water partition coefficient (Wildman–Crippen LogP) is 3.16. The zero-order valence-corrected chi connectivity index (χ0v) is 12.5. The lowest BCUT2D eigenvalue weighted by molar-refractivity contribution is -0.129. The zero-order chi connectivity index (χ0) is 14.3. The van der Waals surface area contributed by atoms with Gasteiger partial charge in [0.1, 0.15) is 0 Å². The largest absolute Gasteiger partial charge is 0.396 e. The maximum atomic E-state index is 12.0. The van der Waals surface area contributed by atoms with Crippen LogP contribution in [0.5, 0.6) is 0 Å². The molecule has 3 nitrogen and oxygen atoms in total. The van der Waals surface area contributed by atoms with Crippen LogP contribution in [0.1, 0.15) is 24.8 Å². The van der Waals surface area contributed by atoms with Crippen LogP contribution in [0.25, 0.3) is 0 Å². The fraction of sp³-hybridized carbons (Fsp3) is 0.500. The maximum absolute atomic E-state index is 12.0. The van der Waals surface area contributed by atoms with Crippen molar-refractivity contribution in [3.05, 3.63) is 33.8 Å². The van der Waals surface area contributed by atoms with Gasteiger partial charge in [0.05, 0.1) is 6.42 Å². The van der Waals surface area contributed by atoms with Gasteiger partial charge in [-0.1, -0.05) is 29.3 Å². The summed E-state index contributed by atoms with van der Waals surface area (Å²) in [5.41, 5.74) is 0.679. The molecule has 0 spiro atoms. The van der Waals surface area contributed by atoms with Crippen LogP contribution in [-0.4, -0.2) is 36.1 Å². The van der Waals surface area contributed by atoms with Crippen molar-refractivity contribution in [2.75, 3.05) is 20.2 Å². The van der Waals surface area contributed by atoms with Crippen LogP contribution < -0.4 is 0 Å². The number of carbonyl (C=O) groups excluding carboxylic acids is 1. The maximum Gasteiger partial charge on any atom is 0.226 e. The minimum atomic E-state index is -0.000927. The van der Waals surface area contributed by atoms with Crippen LogP contribution in [0.3, 0.4) is 0 Å². The van der Waals surface area contributed by atoms with Gasteiger partial charge in [0, 0.05) is 30.2 Å². The van der Waals surface area contributed by atoms with E-state index in [2.05, 4.69) is 0 Å². The number of benzene rings is 1. The summed E-state index contributed by atoms with van der Waals surface area (Å²) in [5, 5.41) is 9.73. The smallest absolute Gasteiger partial charge is 0.226 e. The van der Waals surface area contributed by atoms with E-state index in [1.807, 2.05) is 0 Å². The van der Waals surface area contributed by atoms with Gasteiger partial charge in [0.2, 0.25) is 5.91 Å². The predicted molar refractivity (Wildman–Crippen MR) is 78.7 cm³/mol. The third-order valence-electron chi connectivity index (χ3n) is 2.97. The molecule has 0 aromatic heterocycles. The summed E-state index contributed by atoms with van der Waals surface area (Å²) in [4.78, 5) is 13.7. The average Bonchev–Trinajstić information content (AvgIpc) is 2.38. The van der Waals surface area contributed by atoms with Crippen molar-refractivity contribution in [1.29, 1.82) is 0 Å². The first-order chi connectivity index (χ1) is 9.06. The van der Waals surface area contributed by atoms with Crippen LogP contribution >= 0.6 is 23.2 Å². The first-order valence-corrected chi connectivity index (χ1v) is 7.09. The summed E-state index contributed by atoms with van der Waals surface area (Å²) in [6.45, 7) is 0.883. The number of halogens is 2. The van der Waals surface area contributed by atoms with Crippen LogP contribution in [0.15, 0.2) is 18.2 Å². The number of aliphatic hydroxyl groups is 1. The number of amides is 1. The van der Waals surface area contributed by atoms with E-state index in [4.69, 9.17) is 28.3 Å². The highest BCUT2D eigenvalue weighted by atomic mass is 35.5. The van der Waals surface area contributed by atoms with Crippen LogP contribution in [0.2, 0.25) is 10.0 Å². The molecule has 5 heteroatoms. The van der Waals surface area contributed by atoms with E-state index in [1.54, 1.807) is 30.1 Å². The summed E-state index contributed by atoms with van der Waals surface area (Å²) in [5.74, 6) is -0.000927. The average molecular weight is 304 g/mol. The van der Waals surface area contributed by atoms with Gasteiger partial charge >= 0.3 is 0 Å². The van der Waals surface area contributed by atoms with Crippen molar-refractivity contribution in [3.8, 4) is 0 Å². The number of nitrogens with zero attached hydrogens (tertiary/aromatic N) is 1. The van der Waals surface area contributed by atoms with E-state index in [-0.39, 0.29) is 18.9 Å². The monoisotopic (exact) mass is 303 g/mol. The molecule has 19 heavy (non-hydrogen) atoms. The topological polar surface area (TPSA) is 40.5 Å². The lowest BCUT2D eigenvalue weighted by Gasteiger charge is -2.17. The molecule has 0 atom stereocenters. The number of aliphatic hydroxyl groups excluding tert-OH is 1. The first kappa shape index (κ1) is 16.3. The van der Waals surface area contributed by atoms with Gasteiger partial charge in [-0.25, -0.2) is 0 Å². The number of carbonyl (C=O) groups is 1. The van der Waals surface area contributed by atoms with Gasteiger partial charge in [-0.05, 0) is 37.0 Å². The molecule has 1 N–H and O–H groups in total. The van der Waals surface area contributed by atoms with E-state index in [0.29, 0.717) is 22.2 Å². The molecule has 0 bridgehead atoms. The summed E-state index contributed by atoms with van der Waals surface area (Å²) < 4.78 is 0. The Balaban J connectivity index is 2.50. The Morgan fingerprint density at radius 2 is 1.84 bits per heavy atom. The first-order valence-electron chi connectivity index (χ1n) is 6.34. The summed E-state index contributed by atoms with van der Waals surface area (Å²) in [6.07, 6.45) is 2.80. The second-order valence-corrected chi connectivity index (χ2v) is 5.29. The number of hydrogen-bond acceptors (Lipinski definition) is 2. The Morgan fingerprint density at radius 3 is 2.42 bits per heavy atom. The Labute approximate surface area is 124 Å². The molecule has 1 amide bonds. The normalized spacial score (nSPS) is 10.5. The SMILES string of the molecule is CN(CCCCCO)C(=O)Cc1c(Cl)cccc1Cl. The molecule has 0 aliphatic heterocycles. The molecule has 0 radical (unpaired) electrons. The van der Waals surface area contributed by atoms with Gasteiger partial charge in [-0.2, -0.15) is 0 Å². The lowest BCUT2D eigenvalue weighted by Crippen LogP contribution is -2.29. The molecule has 0 saturated heterocycles. The van der Waals surface area contributed by atoms with E-state index in [9.17, 15) is 4.79 Å². The third kappa shape index (κ3) is 5.39. The number of likely N-dealkylation sites (N-methyl/N-ethyl adjacent to an activating group) is 1. The number of rotatable bonds is 7. The highest BCUT2D eigenvalue weighted by molar-refractivity contribution is 6.36. The van der Waals surface area contributed by atoms with Crippen LogP contribution in [-0.2, 0) is 11.2 Å². The molecule has 106 valence electrons. The van der Waals surface area contributed by atoms with Crippen molar-refractivity contribution < 1.29 is 9.90 Å². The summed E-state index contributed by atoms with van der Waals surface area (Å²) in [7, 11) is 1.77. The molecular formula is C14H19Cl2NO2. The Bertz CT molecular complexity index is 404. The van der Waals surface area contributed by atoms with Crippen molar-refractivity contribution >= 4 is 29.1 Å². The molecular weight excluding hydrogens is 285 g/mol. The molecule has 0 unspecified atom stereocenters. The molecule has 0 aliphatic rings. The minimum Gasteiger partial charge on any atom is -0.396 e. The van der Waals surface area contributed by atoms with Gasteiger partial charge < -0.3 is 10.0 Å². The molecule has 0 heterocycles. The van der Waals surface area contributed by atoms with Crippen molar-refractivity contribution in [3.63, 3.8) is 0 Å². The lowest BCUT2D eigenvalue weighted by atomic mass is 10.1. The molecule has 0 saturated carbocycles. The standard InChI is InChI=1S/C14H19Cl2NO2/c1-17(8-3-2-4-9-18)14(19)10-11-12(15)6-5-7-13(11)16/h5-7,18H,2-4,8-10H2,1H3. The fourth-order valence-corrected chi connectivity index (χ4v) is 2.28. The van der Waals surface area contributed by atoms with Gasteiger partial charge in [-0.15, -0.1) is 0 Å². The third-order valence-corrected chi connectivity index (χ3v) is 3.68. The van der Waals surface area contributed by atoms with Crippen molar-refractivity contribution in [2.45, 2.75) is 25.7 Å². The Kier molecular flexibility index (Phi) is 7.21. The van der Waals surface area contributed by atoms with E-state index < -0.39 is 0 Å². The molecule has 0 aliphatic carbocycles. The summed E-state index contributed by atoms with van der Waals surface area (Å²) >= 11 is 12.1. The quantitative estimate of drug-likeness (QED) is 0.786. The van der Waals surface area contributed by atoms with E-state index >= 15 is 0 Å². The number of hydrogen-bond donors (Lipinski definition) is 1. The highest BCUT2D eigenvalue weighted by Gasteiger charge is 2.14. The van der Waals surface area contributed by atoms with Crippen LogP contribution in [0, 0.1) is 0 Å². The highest BCUT2D eigenvalue weighted by Crippen LogP contribution is 2.25. The second kappa shape index (κ2) is 8.41. The molecule has 1 rings (SSSR count). The molecule has 1 aromatic rings. The van der Waals surface area contributed by atoms with Gasteiger partial charge in [-0.3, -0.25) is 4.79 Å². The second-order valence-electron chi connectivity index (χ2n) is 4.48. The molecule has 1 aromatic carbocycles.